The Morgan fingerprint density at radius 3 is 1.93 bits per heavy atom. The van der Waals surface area contributed by atoms with Crippen LogP contribution in [0.4, 0.5) is 0 Å². The Kier molecular flexibility index (Phi) is 5.17. The summed E-state index contributed by atoms with van der Waals surface area (Å²) in [5.74, 6) is 0.313. The van der Waals surface area contributed by atoms with Gasteiger partial charge in [-0.2, -0.15) is 4.90 Å². The maximum absolute atomic E-state index is 11.4. The highest BCUT2D eigenvalue weighted by Crippen LogP contribution is 2.28. The molecule has 1 aliphatic rings. The zero-order valence-electron chi connectivity index (χ0n) is 14.9. The van der Waals surface area contributed by atoms with Gasteiger partial charge in [0.1, 0.15) is 5.76 Å². The summed E-state index contributed by atoms with van der Waals surface area (Å²) in [5.41, 5.74) is 2.28. The predicted octanol–water partition coefficient (Wildman–Crippen LogP) is 4.15. The van der Waals surface area contributed by atoms with Crippen LogP contribution in [-0.2, 0) is 9.47 Å². The predicted molar refractivity (Wildman–Crippen MR) is 104 cm³/mol. The fourth-order valence-corrected chi connectivity index (χ4v) is 2.82. The van der Waals surface area contributed by atoms with Crippen molar-refractivity contribution in [3.8, 4) is 11.1 Å². The summed E-state index contributed by atoms with van der Waals surface area (Å²) in [5, 5.41) is 33.6. The molecule has 3 rings (SSSR count). The van der Waals surface area contributed by atoms with Gasteiger partial charge in [0.15, 0.2) is 11.5 Å². The van der Waals surface area contributed by atoms with Crippen molar-refractivity contribution in [2.45, 2.75) is 0 Å². The van der Waals surface area contributed by atoms with Crippen LogP contribution < -0.4 is 0 Å². The third-order valence-corrected chi connectivity index (χ3v) is 4.22. The molecule has 0 atom stereocenters. The molecule has 2 aromatic rings. The summed E-state index contributed by atoms with van der Waals surface area (Å²) >= 11 is 0. The molecular weight excluding hydrogens is 346 g/mol. The van der Waals surface area contributed by atoms with Crippen molar-refractivity contribution in [3.63, 3.8) is 0 Å². The zero-order valence-corrected chi connectivity index (χ0v) is 14.9. The molecule has 0 radical (unpaired) electrons. The van der Waals surface area contributed by atoms with Gasteiger partial charge in [0.05, 0.1) is 25.9 Å². The summed E-state index contributed by atoms with van der Waals surface area (Å²) < 4.78 is 10.3. The maximum Gasteiger partial charge on any atom is 0.237 e. The molecule has 0 aliphatic heterocycles. The minimum Gasteiger partial charge on any atom is -0.612 e. The molecular formula is C21H18NO5-. The fourth-order valence-electron chi connectivity index (χ4n) is 2.82. The van der Waals surface area contributed by atoms with E-state index in [-0.39, 0.29) is 22.8 Å². The van der Waals surface area contributed by atoms with Crippen molar-refractivity contribution < 1.29 is 19.5 Å². The van der Waals surface area contributed by atoms with E-state index in [0.29, 0.717) is 11.3 Å². The number of methoxy groups -OCH3 is 2. The second kappa shape index (κ2) is 7.70. The van der Waals surface area contributed by atoms with Crippen LogP contribution in [0, 0.1) is 10.4 Å². The maximum atomic E-state index is 11.4. The number of ether oxygens (including phenoxy) is 2. The molecule has 0 saturated heterocycles. The largest absolute Gasteiger partial charge is 0.612 e. The molecule has 6 heteroatoms. The number of nitrogens with zero attached hydrogens (tertiary/aromatic N) is 1. The summed E-state index contributed by atoms with van der Waals surface area (Å²) in [4.78, 5) is -0.564. The van der Waals surface area contributed by atoms with Gasteiger partial charge in [0, 0.05) is 11.6 Å². The highest BCUT2D eigenvalue weighted by Gasteiger charge is 2.25. The number of benzene rings is 2. The molecule has 0 fully saturated rings. The van der Waals surface area contributed by atoms with Gasteiger partial charge in [-0.05, 0) is 11.1 Å². The molecule has 0 unspecified atom stereocenters. The SMILES string of the molecule is COC1=CC(=C(O)c2ccc(-c3ccccc3)cc2)C(=[N+]([O-])[O-])C=C1OC. The van der Waals surface area contributed by atoms with Crippen molar-refractivity contribution >= 4 is 11.5 Å². The molecule has 2 aromatic carbocycles. The first-order valence-corrected chi connectivity index (χ1v) is 8.17. The molecule has 138 valence electrons. The molecule has 0 saturated carbocycles. The van der Waals surface area contributed by atoms with Crippen LogP contribution in [0.3, 0.4) is 0 Å². The molecule has 6 nitrogen and oxygen atoms in total. The average Bonchev–Trinajstić information content (AvgIpc) is 2.72. The smallest absolute Gasteiger partial charge is 0.237 e. The van der Waals surface area contributed by atoms with E-state index in [9.17, 15) is 15.5 Å². The number of aliphatic hydroxyl groups excluding tert-OH is 1. The molecule has 0 bridgehead atoms. The van der Waals surface area contributed by atoms with E-state index in [2.05, 4.69) is 0 Å². The molecule has 1 aliphatic carbocycles. The van der Waals surface area contributed by atoms with Crippen molar-refractivity contribution in [1.29, 1.82) is 0 Å². The lowest BCUT2D eigenvalue weighted by molar-refractivity contribution is -0.377. The second-order valence-corrected chi connectivity index (χ2v) is 5.77. The van der Waals surface area contributed by atoms with Gasteiger partial charge in [-0.3, -0.25) is 0 Å². The topological polar surface area (TPSA) is 87.8 Å². The Balaban J connectivity index is 2.05. The summed E-state index contributed by atoms with van der Waals surface area (Å²) in [7, 11) is 2.83. The highest BCUT2D eigenvalue weighted by molar-refractivity contribution is 6.13. The first-order chi connectivity index (χ1) is 13.0. The molecule has 0 aromatic heterocycles. The minimum atomic E-state index is -0.564. The van der Waals surface area contributed by atoms with E-state index in [0.717, 1.165) is 11.1 Å². The van der Waals surface area contributed by atoms with Gasteiger partial charge in [-0.25, -0.2) is 0 Å². The summed E-state index contributed by atoms with van der Waals surface area (Å²) in [6.45, 7) is 0. The van der Waals surface area contributed by atoms with Crippen LogP contribution >= 0.6 is 0 Å². The van der Waals surface area contributed by atoms with Crippen molar-refractivity contribution in [1.82, 2.24) is 0 Å². The van der Waals surface area contributed by atoms with Crippen molar-refractivity contribution in [2.75, 3.05) is 14.2 Å². The van der Waals surface area contributed by atoms with Gasteiger partial charge in [0.2, 0.25) is 5.71 Å². The second-order valence-electron chi connectivity index (χ2n) is 5.77. The van der Waals surface area contributed by atoms with Crippen LogP contribution in [-0.4, -0.2) is 29.9 Å². The monoisotopic (exact) mass is 364 g/mol. The lowest BCUT2D eigenvalue weighted by atomic mass is 9.97. The number of rotatable bonds is 4. The standard InChI is InChI=1S/C21H18NO5/c1-26-19-12-17(18(22(24)25)13-20(19)27-2)21(23)16-10-8-15(9-11-16)14-6-4-3-5-7-14/h3-13H,1-2H3,(H-,23,24,25)/q-1. The Morgan fingerprint density at radius 2 is 1.37 bits per heavy atom. The van der Waals surface area contributed by atoms with E-state index in [4.69, 9.17) is 9.47 Å². The number of allylic oxidation sites excluding steroid dienone is 3. The van der Waals surface area contributed by atoms with Gasteiger partial charge in [-0.15, -0.1) is 0 Å². The van der Waals surface area contributed by atoms with Crippen LogP contribution in [0.2, 0.25) is 0 Å². The molecule has 1 N–H and O–H groups in total. The van der Waals surface area contributed by atoms with Gasteiger partial charge in [0.25, 0.3) is 0 Å². The van der Waals surface area contributed by atoms with E-state index in [1.807, 2.05) is 42.5 Å². The van der Waals surface area contributed by atoms with Crippen LogP contribution in [0.25, 0.3) is 16.9 Å². The van der Waals surface area contributed by atoms with E-state index < -0.39 is 4.90 Å². The van der Waals surface area contributed by atoms with Crippen LogP contribution in [0.1, 0.15) is 5.56 Å². The quantitative estimate of drug-likeness (QED) is 0.500. The minimum absolute atomic E-state index is 0.0603. The first-order valence-electron chi connectivity index (χ1n) is 8.17. The van der Waals surface area contributed by atoms with Gasteiger partial charge < -0.3 is 25.0 Å². The summed E-state index contributed by atoms with van der Waals surface area (Å²) in [6, 6.07) is 16.9. The Morgan fingerprint density at radius 1 is 0.815 bits per heavy atom. The Labute approximate surface area is 156 Å². The third-order valence-electron chi connectivity index (χ3n) is 4.22. The molecule has 0 heterocycles. The fraction of sp³-hybridized carbons (Fsp3) is 0.0952. The van der Waals surface area contributed by atoms with Crippen molar-refractivity contribution in [3.05, 3.63) is 99.8 Å². The first kappa shape index (κ1) is 18.1. The summed E-state index contributed by atoms with van der Waals surface area (Å²) in [6.07, 6.45) is 2.64. The third kappa shape index (κ3) is 3.64. The molecule has 0 spiro atoms. The van der Waals surface area contributed by atoms with Gasteiger partial charge >= 0.3 is 0 Å². The molecule has 0 amide bonds. The van der Waals surface area contributed by atoms with E-state index in [1.165, 1.54) is 26.4 Å². The number of hydrogen-bond acceptors (Lipinski definition) is 5. The zero-order chi connectivity index (χ0) is 19.4. The Hall–Kier alpha value is -3.67. The Bertz CT molecular complexity index is 950. The van der Waals surface area contributed by atoms with Crippen molar-refractivity contribution in [2.24, 2.45) is 0 Å². The van der Waals surface area contributed by atoms with Crippen LogP contribution in [0.15, 0.2) is 83.8 Å². The van der Waals surface area contributed by atoms with E-state index >= 15 is 0 Å². The average molecular weight is 364 g/mol. The van der Waals surface area contributed by atoms with E-state index in [1.54, 1.807) is 12.1 Å². The number of aliphatic hydroxyl groups is 1. The lowest BCUT2D eigenvalue weighted by Crippen LogP contribution is -2.18. The lowest BCUT2D eigenvalue weighted by Gasteiger charge is -2.18. The highest BCUT2D eigenvalue weighted by atomic mass is 16.8. The van der Waals surface area contributed by atoms with Gasteiger partial charge in [-0.1, -0.05) is 54.6 Å². The normalized spacial score (nSPS) is 15.6. The number of hydrogen-bond donors (Lipinski definition) is 1. The van der Waals surface area contributed by atoms with Crippen LogP contribution in [0.5, 0.6) is 0 Å². The molecule has 27 heavy (non-hydrogen) atoms.